The van der Waals surface area contributed by atoms with E-state index in [9.17, 15) is 24.1 Å². The first-order valence-corrected chi connectivity index (χ1v) is 16.8. The first-order chi connectivity index (χ1) is 23.1. The second-order valence-electron chi connectivity index (χ2n) is 12.5. The van der Waals surface area contributed by atoms with E-state index in [1.165, 1.54) is 18.2 Å². The van der Waals surface area contributed by atoms with Crippen LogP contribution in [-0.4, -0.2) is 75.8 Å². The summed E-state index contributed by atoms with van der Waals surface area (Å²) in [6.07, 6.45) is 2.41. The zero-order valence-electron chi connectivity index (χ0n) is 25.9. The number of carbonyl (C=O) groups excluding carboxylic acids is 1. The number of amides is 1. The molecule has 0 aliphatic carbocycles. The van der Waals surface area contributed by atoms with Gasteiger partial charge in [0, 0.05) is 36.9 Å². The van der Waals surface area contributed by atoms with Gasteiger partial charge in [-0.3, -0.25) is 9.69 Å². The molecule has 0 saturated carbocycles. The van der Waals surface area contributed by atoms with Crippen molar-refractivity contribution in [1.29, 1.82) is 10.5 Å². The predicted octanol–water partition coefficient (Wildman–Crippen LogP) is 6.14. The van der Waals surface area contributed by atoms with Gasteiger partial charge in [0.1, 0.15) is 41.3 Å². The van der Waals surface area contributed by atoms with E-state index in [4.69, 9.17) is 26.8 Å². The van der Waals surface area contributed by atoms with Gasteiger partial charge >= 0.3 is 6.01 Å². The molecule has 0 unspecified atom stereocenters. The van der Waals surface area contributed by atoms with E-state index < -0.39 is 23.6 Å². The Hall–Kier alpha value is -4.56. The molecule has 3 aliphatic rings. The maximum absolute atomic E-state index is 14.9. The number of thiophene rings is 1. The van der Waals surface area contributed by atoms with Crippen molar-refractivity contribution < 1.29 is 23.0 Å². The molecule has 0 radical (unpaired) electrons. The SMILES string of the molecule is C=CC(=O)N1CC[C@@H](Oc2nc(OC[C@@]34CCCN3C[C@H](F)C4)nc3c(Cl)c(-c4ccc(F)c5sc(N)c(C#N)c45)c(C#N)cc23)[C@H]1C. The average Bonchev–Trinajstić information content (AvgIpc) is 3.81. The van der Waals surface area contributed by atoms with Crippen molar-refractivity contribution in [3.8, 4) is 35.2 Å². The van der Waals surface area contributed by atoms with Gasteiger partial charge in [-0.2, -0.15) is 20.5 Å². The van der Waals surface area contributed by atoms with E-state index in [2.05, 4.69) is 33.6 Å². The van der Waals surface area contributed by atoms with Crippen LogP contribution in [0.3, 0.4) is 0 Å². The van der Waals surface area contributed by atoms with Gasteiger partial charge in [-0.05, 0) is 50.1 Å². The van der Waals surface area contributed by atoms with Gasteiger partial charge in [-0.1, -0.05) is 24.2 Å². The number of halogens is 3. The van der Waals surface area contributed by atoms with E-state index in [1.54, 1.807) is 11.0 Å². The van der Waals surface area contributed by atoms with Gasteiger partial charge in [-0.15, -0.1) is 11.3 Å². The Labute approximate surface area is 283 Å². The van der Waals surface area contributed by atoms with Crippen LogP contribution in [0.2, 0.25) is 5.02 Å². The molecule has 48 heavy (non-hydrogen) atoms. The highest BCUT2D eigenvalue weighted by atomic mass is 35.5. The number of alkyl halides is 1. The molecule has 0 spiro atoms. The van der Waals surface area contributed by atoms with Gasteiger partial charge in [-0.25, -0.2) is 8.78 Å². The molecule has 10 nitrogen and oxygen atoms in total. The van der Waals surface area contributed by atoms with Crippen LogP contribution in [0.5, 0.6) is 11.9 Å². The Morgan fingerprint density at radius 1 is 1.31 bits per heavy atom. The number of anilines is 1. The third kappa shape index (κ3) is 5.09. The number of nitrogen functional groups attached to an aromatic ring is 1. The van der Waals surface area contributed by atoms with Crippen LogP contribution in [0, 0.1) is 28.5 Å². The highest BCUT2D eigenvalue weighted by Gasteiger charge is 2.49. The fourth-order valence-corrected chi connectivity index (χ4v) is 8.78. The molecule has 2 aromatic heterocycles. The third-order valence-corrected chi connectivity index (χ3v) is 11.2. The number of nitrogens with zero attached hydrogens (tertiary/aromatic N) is 6. The molecular formula is C34H30ClF2N7O3S. The summed E-state index contributed by atoms with van der Waals surface area (Å²) in [5.41, 5.74) is 6.58. The van der Waals surface area contributed by atoms with Crippen LogP contribution in [-0.2, 0) is 4.79 Å². The molecule has 2 aromatic carbocycles. The number of aromatic nitrogens is 2. The third-order valence-electron chi connectivity index (χ3n) is 9.83. The van der Waals surface area contributed by atoms with Gasteiger partial charge in [0.25, 0.3) is 0 Å². The normalized spacial score (nSPS) is 23.7. The number of likely N-dealkylation sites (tertiary alicyclic amines) is 1. The summed E-state index contributed by atoms with van der Waals surface area (Å²) < 4.78 is 42.3. The maximum atomic E-state index is 14.9. The summed E-state index contributed by atoms with van der Waals surface area (Å²) in [4.78, 5) is 25.5. The van der Waals surface area contributed by atoms with Gasteiger partial charge < -0.3 is 20.1 Å². The Bertz CT molecular complexity index is 2100. The molecule has 7 rings (SSSR count). The summed E-state index contributed by atoms with van der Waals surface area (Å²) in [7, 11) is 0. The molecule has 1 amide bonds. The van der Waals surface area contributed by atoms with E-state index in [1.807, 2.05) is 6.92 Å². The van der Waals surface area contributed by atoms with Crippen LogP contribution in [0.15, 0.2) is 30.9 Å². The molecule has 3 fully saturated rings. The number of nitriles is 2. The largest absolute Gasteiger partial charge is 0.471 e. The van der Waals surface area contributed by atoms with Gasteiger partial charge in [0.05, 0.1) is 43.9 Å². The minimum atomic E-state index is -0.950. The number of nitrogens with two attached hydrogens (primary N) is 1. The molecule has 4 atom stereocenters. The number of carbonyl (C=O) groups is 1. The standard InChI is InChI=1S/C34H30ClF2N7O3S/c1-3-25(45)44-10-7-24(17(44)2)47-32-21-11-18(13-38)26(20-5-6-23(37)30-27(20)22(14-39)31(40)48-30)28(35)29(21)41-33(42-32)46-16-34-8-4-9-43(34)15-19(36)12-34/h3,5-6,11,17,19,24H,1,4,7-10,12,15-16,40H2,2H3/t17-,19-,24-,34+/m1/s1. The van der Waals surface area contributed by atoms with Crippen molar-refractivity contribution >= 4 is 54.8 Å². The Morgan fingerprint density at radius 3 is 2.88 bits per heavy atom. The topological polar surface area (TPSA) is 141 Å². The van der Waals surface area contributed by atoms with Crippen molar-refractivity contribution in [3.63, 3.8) is 0 Å². The molecule has 5 heterocycles. The number of rotatable bonds is 7. The second kappa shape index (κ2) is 12.2. The lowest BCUT2D eigenvalue weighted by Crippen LogP contribution is -2.43. The smallest absolute Gasteiger partial charge is 0.320 e. The number of ether oxygens (including phenoxy) is 2. The van der Waals surface area contributed by atoms with E-state index in [0.29, 0.717) is 36.9 Å². The van der Waals surface area contributed by atoms with Crippen LogP contribution in [0.25, 0.3) is 32.1 Å². The van der Waals surface area contributed by atoms with E-state index >= 15 is 0 Å². The monoisotopic (exact) mass is 689 g/mol. The Morgan fingerprint density at radius 2 is 2.12 bits per heavy atom. The van der Waals surface area contributed by atoms with Crippen molar-refractivity contribution in [3.05, 3.63) is 52.8 Å². The van der Waals surface area contributed by atoms with Crippen molar-refractivity contribution in [2.24, 2.45) is 0 Å². The van der Waals surface area contributed by atoms with Gasteiger partial charge in [0.2, 0.25) is 11.8 Å². The van der Waals surface area contributed by atoms with Crippen LogP contribution in [0.1, 0.15) is 43.7 Å². The first-order valence-electron chi connectivity index (χ1n) is 15.6. The molecule has 14 heteroatoms. The summed E-state index contributed by atoms with van der Waals surface area (Å²) >= 11 is 8.07. The zero-order chi connectivity index (χ0) is 33.9. The lowest BCUT2D eigenvalue weighted by molar-refractivity contribution is -0.127. The van der Waals surface area contributed by atoms with Crippen molar-refractivity contribution in [2.75, 3.05) is 32.0 Å². The average molecular weight is 690 g/mol. The minimum absolute atomic E-state index is 0.0380. The van der Waals surface area contributed by atoms with Crippen LogP contribution >= 0.6 is 22.9 Å². The quantitative estimate of drug-likeness (QED) is 0.227. The van der Waals surface area contributed by atoms with E-state index in [-0.39, 0.29) is 72.8 Å². The lowest BCUT2D eigenvalue weighted by Gasteiger charge is -2.31. The highest BCUT2D eigenvalue weighted by molar-refractivity contribution is 7.23. The molecule has 246 valence electrons. The van der Waals surface area contributed by atoms with Gasteiger partial charge in [0.15, 0.2) is 0 Å². The molecule has 3 aliphatic heterocycles. The Kier molecular flexibility index (Phi) is 8.10. The first kappa shape index (κ1) is 32.0. The fraction of sp³-hybridized carbons (Fsp3) is 0.382. The molecule has 4 aromatic rings. The molecule has 2 N–H and O–H groups in total. The summed E-state index contributed by atoms with van der Waals surface area (Å²) in [5, 5.41) is 21.0. The molecular weight excluding hydrogens is 660 g/mol. The molecule has 3 saturated heterocycles. The van der Waals surface area contributed by atoms with E-state index in [0.717, 1.165) is 30.7 Å². The van der Waals surface area contributed by atoms with Crippen LogP contribution in [0.4, 0.5) is 13.8 Å². The minimum Gasteiger partial charge on any atom is -0.471 e. The number of benzene rings is 2. The zero-order valence-corrected chi connectivity index (χ0v) is 27.5. The maximum Gasteiger partial charge on any atom is 0.320 e. The molecule has 0 bridgehead atoms. The van der Waals surface area contributed by atoms with Crippen molar-refractivity contribution in [2.45, 2.75) is 56.5 Å². The lowest BCUT2D eigenvalue weighted by atomic mass is 9.94. The summed E-state index contributed by atoms with van der Waals surface area (Å²) in [6, 6.07) is 8.11. The summed E-state index contributed by atoms with van der Waals surface area (Å²) in [6.45, 7) is 7.20. The van der Waals surface area contributed by atoms with Crippen molar-refractivity contribution in [1.82, 2.24) is 19.8 Å². The fourth-order valence-electron chi connectivity index (χ4n) is 7.48. The number of hydrogen-bond acceptors (Lipinski definition) is 10. The number of hydrogen-bond donors (Lipinski definition) is 1. The second-order valence-corrected chi connectivity index (χ2v) is 13.9. The van der Waals surface area contributed by atoms with Crippen LogP contribution < -0.4 is 15.2 Å². The summed E-state index contributed by atoms with van der Waals surface area (Å²) in [5.74, 6) is -0.681. The Balaban J connectivity index is 1.38. The number of fused-ring (bicyclic) bond motifs is 3. The predicted molar refractivity (Wildman–Crippen MR) is 178 cm³/mol. The highest BCUT2D eigenvalue weighted by Crippen LogP contribution is 2.47.